The Kier molecular flexibility index (Phi) is 3.26. The molecule has 2 aromatic rings. The van der Waals surface area contributed by atoms with Gasteiger partial charge in [0.05, 0.1) is 17.2 Å². The van der Waals surface area contributed by atoms with Gasteiger partial charge in [0, 0.05) is 5.92 Å². The normalized spacial score (nSPS) is 16.4. The third-order valence-electron chi connectivity index (χ3n) is 3.51. The number of aldehydes is 1. The van der Waals surface area contributed by atoms with Crippen molar-refractivity contribution >= 4 is 17.9 Å². The van der Waals surface area contributed by atoms with Crippen LogP contribution in [0.15, 0.2) is 42.5 Å². The average molecular weight is 273 g/mol. The summed E-state index contributed by atoms with van der Waals surface area (Å²) in [4.78, 5) is 11.0. The van der Waals surface area contributed by atoms with Crippen molar-refractivity contribution in [2.75, 3.05) is 6.61 Å². The van der Waals surface area contributed by atoms with Crippen molar-refractivity contribution in [3.05, 3.63) is 64.2 Å². The molecular weight excluding hydrogens is 260 g/mol. The molecule has 0 aliphatic heterocycles. The second kappa shape index (κ2) is 5.06. The quantitative estimate of drug-likeness (QED) is 0.790. The van der Waals surface area contributed by atoms with Crippen LogP contribution >= 0.6 is 11.6 Å². The number of halogens is 1. The number of fused-ring (bicyclic) bond motifs is 1. The van der Waals surface area contributed by atoms with Crippen LogP contribution in [0.25, 0.3) is 0 Å². The number of para-hydroxylation sites is 1. The fourth-order valence-corrected chi connectivity index (χ4v) is 2.70. The van der Waals surface area contributed by atoms with E-state index in [1.54, 1.807) is 18.2 Å². The first kappa shape index (κ1) is 12.2. The molecule has 3 heteroatoms. The van der Waals surface area contributed by atoms with Crippen LogP contribution < -0.4 is 4.74 Å². The molecule has 0 heterocycles. The highest BCUT2D eigenvalue weighted by Gasteiger charge is 2.26. The Hall–Kier alpha value is -1.80. The van der Waals surface area contributed by atoms with Crippen LogP contribution in [-0.4, -0.2) is 12.9 Å². The number of ether oxygens (including phenoxy) is 1. The van der Waals surface area contributed by atoms with E-state index in [0.29, 0.717) is 28.9 Å². The lowest BCUT2D eigenvalue weighted by Gasteiger charge is -2.30. The first-order chi connectivity index (χ1) is 9.29. The van der Waals surface area contributed by atoms with Gasteiger partial charge in [-0.3, -0.25) is 4.79 Å². The zero-order chi connectivity index (χ0) is 13.2. The van der Waals surface area contributed by atoms with Crippen molar-refractivity contribution in [3.8, 4) is 5.75 Å². The summed E-state index contributed by atoms with van der Waals surface area (Å²) in [7, 11) is 0. The minimum absolute atomic E-state index is 0.395. The number of hydrogen-bond acceptors (Lipinski definition) is 2. The van der Waals surface area contributed by atoms with Crippen molar-refractivity contribution in [1.29, 1.82) is 0 Å². The second-order valence-corrected chi connectivity index (χ2v) is 5.09. The molecular formula is C16H13ClO2. The minimum atomic E-state index is 0.395. The molecule has 3 rings (SSSR count). The molecule has 0 spiro atoms. The molecule has 19 heavy (non-hydrogen) atoms. The van der Waals surface area contributed by atoms with E-state index in [0.717, 1.165) is 12.7 Å². The number of hydrogen-bond donors (Lipinski definition) is 0. The van der Waals surface area contributed by atoms with Crippen molar-refractivity contribution < 1.29 is 9.53 Å². The summed E-state index contributed by atoms with van der Waals surface area (Å²) >= 11 is 6.07. The molecule has 0 saturated carbocycles. The van der Waals surface area contributed by atoms with Gasteiger partial charge in [0.25, 0.3) is 0 Å². The molecule has 2 nitrogen and oxygen atoms in total. The summed E-state index contributed by atoms with van der Waals surface area (Å²) in [5, 5.41) is 0.484. The lowest BCUT2D eigenvalue weighted by atomic mass is 9.78. The number of rotatable bonds is 4. The van der Waals surface area contributed by atoms with E-state index in [2.05, 4.69) is 18.2 Å². The second-order valence-electron chi connectivity index (χ2n) is 4.69. The van der Waals surface area contributed by atoms with Crippen molar-refractivity contribution in [1.82, 2.24) is 0 Å². The maximum atomic E-state index is 11.0. The van der Waals surface area contributed by atoms with E-state index >= 15 is 0 Å². The number of carbonyl (C=O) groups excluding carboxylic acids is 1. The molecule has 1 aliphatic rings. The first-order valence-corrected chi connectivity index (χ1v) is 6.61. The fourth-order valence-electron chi connectivity index (χ4n) is 2.47. The summed E-state index contributed by atoms with van der Waals surface area (Å²) in [6.07, 6.45) is 1.80. The SMILES string of the molecule is O=Cc1cccc(Cl)c1OCC1Cc2ccccc21. The highest BCUT2D eigenvalue weighted by molar-refractivity contribution is 6.32. The highest BCUT2D eigenvalue weighted by Crippen LogP contribution is 2.36. The van der Waals surface area contributed by atoms with Gasteiger partial charge in [-0.2, -0.15) is 0 Å². The van der Waals surface area contributed by atoms with E-state index in [-0.39, 0.29) is 0 Å². The summed E-state index contributed by atoms with van der Waals surface area (Å²) < 4.78 is 5.76. The summed E-state index contributed by atoms with van der Waals surface area (Å²) in [6, 6.07) is 13.5. The predicted molar refractivity (Wildman–Crippen MR) is 75.2 cm³/mol. The zero-order valence-corrected chi connectivity index (χ0v) is 11.1. The van der Waals surface area contributed by atoms with Crippen molar-refractivity contribution in [2.24, 2.45) is 0 Å². The van der Waals surface area contributed by atoms with Gasteiger partial charge in [0.1, 0.15) is 5.75 Å². The highest BCUT2D eigenvalue weighted by atomic mass is 35.5. The Morgan fingerprint density at radius 2 is 2.05 bits per heavy atom. The molecule has 2 aromatic carbocycles. The molecule has 1 atom stereocenters. The van der Waals surface area contributed by atoms with Gasteiger partial charge in [-0.15, -0.1) is 0 Å². The first-order valence-electron chi connectivity index (χ1n) is 6.24. The molecule has 0 fully saturated rings. The van der Waals surface area contributed by atoms with Crippen LogP contribution in [0.5, 0.6) is 5.75 Å². The third-order valence-corrected chi connectivity index (χ3v) is 3.81. The van der Waals surface area contributed by atoms with Gasteiger partial charge in [-0.25, -0.2) is 0 Å². The van der Waals surface area contributed by atoms with Gasteiger partial charge in [-0.1, -0.05) is 41.9 Å². The molecule has 0 bridgehead atoms. The van der Waals surface area contributed by atoms with Gasteiger partial charge >= 0.3 is 0 Å². The lowest BCUT2D eigenvalue weighted by Crippen LogP contribution is -2.23. The predicted octanol–water partition coefficient (Wildman–Crippen LogP) is 3.87. The van der Waals surface area contributed by atoms with Crippen LogP contribution in [0.1, 0.15) is 27.4 Å². The van der Waals surface area contributed by atoms with Crippen LogP contribution in [0, 0.1) is 0 Å². The van der Waals surface area contributed by atoms with Gasteiger partial charge in [0.15, 0.2) is 6.29 Å². The summed E-state index contributed by atoms with van der Waals surface area (Å²) in [5.74, 6) is 0.885. The van der Waals surface area contributed by atoms with Gasteiger partial charge < -0.3 is 4.74 Å². The standard InChI is InChI=1S/C16H13ClO2/c17-15-7-3-5-12(9-18)16(15)19-10-13-8-11-4-1-2-6-14(11)13/h1-7,9,13H,8,10H2. The Morgan fingerprint density at radius 1 is 1.21 bits per heavy atom. The van der Waals surface area contributed by atoms with E-state index < -0.39 is 0 Å². The molecule has 0 saturated heterocycles. The van der Waals surface area contributed by atoms with Gasteiger partial charge in [-0.05, 0) is 29.7 Å². The third kappa shape index (κ3) is 2.24. The molecule has 0 amide bonds. The number of benzene rings is 2. The van der Waals surface area contributed by atoms with Gasteiger partial charge in [0.2, 0.25) is 0 Å². The Morgan fingerprint density at radius 3 is 2.84 bits per heavy atom. The lowest BCUT2D eigenvalue weighted by molar-refractivity contribution is 0.111. The molecule has 1 aliphatic carbocycles. The van der Waals surface area contributed by atoms with Crippen molar-refractivity contribution in [3.63, 3.8) is 0 Å². The molecule has 96 valence electrons. The smallest absolute Gasteiger partial charge is 0.153 e. The van der Waals surface area contributed by atoms with E-state index in [1.807, 2.05) is 6.07 Å². The summed E-state index contributed by atoms with van der Waals surface area (Å²) in [5.41, 5.74) is 3.22. The fraction of sp³-hybridized carbons (Fsp3) is 0.188. The Balaban J connectivity index is 1.73. The van der Waals surface area contributed by atoms with Crippen LogP contribution in [0.4, 0.5) is 0 Å². The molecule has 0 aromatic heterocycles. The monoisotopic (exact) mass is 272 g/mol. The van der Waals surface area contributed by atoms with Crippen LogP contribution in [0.3, 0.4) is 0 Å². The topological polar surface area (TPSA) is 26.3 Å². The zero-order valence-electron chi connectivity index (χ0n) is 10.3. The Labute approximate surface area is 117 Å². The maximum absolute atomic E-state index is 11.0. The van der Waals surface area contributed by atoms with Crippen LogP contribution in [-0.2, 0) is 6.42 Å². The minimum Gasteiger partial charge on any atom is -0.491 e. The van der Waals surface area contributed by atoms with E-state index in [1.165, 1.54) is 11.1 Å². The van der Waals surface area contributed by atoms with Crippen molar-refractivity contribution in [2.45, 2.75) is 12.3 Å². The molecule has 1 unspecified atom stereocenters. The molecule has 0 radical (unpaired) electrons. The average Bonchev–Trinajstić information content (AvgIpc) is 2.41. The van der Waals surface area contributed by atoms with Crippen LogP contribution in [0.2, 0.25) is 5.02 Å². The Bertz CT molecular complexity index is 622. The number of carbonyl (C=O) groups is 1. The summed E-state index contributed by atoms with van der Waals surface area (Å²) in [6.45, 7) is 0.557. The van der Waals surface area contributed by atoms with E-state index in [9.17, 15) is 4.79 Å². The van der Waals surface area contributed by atoms with E-state index in [4.69, 9.17) is 16.3 Å². The molecule has 0 N–H and O–H groups in total. The maximum Gasteiger partial charge on any atom is 0.153 e. The largest absolute Gasteiger partial charge is 0.491 e.